The Balaban J connectivity index is 0.00000387. The molecule has 0 unspecified atom stereocenters. The molecule has 3 aromatic carbocycles. The predicted molar refractivity (Wildman–Crippen MR) is 157 cm³/mol. The molecule has 1 amide bonds. The van der Waals surface area contributed by atoms with Gasteiger partial charge in [0.05, 0.1) is 11.2 Å². The van der Waals surface area contributed by atoms with Crippen LogP contribution < -0.4 is 0 Å². The van der Waals surface area contributed by atoms with E-state index in [1.165, 1.54) is 6.07 Å². The normalized spacial score (nSPS) is 18.0. The topological polar surface area (TPSA) is 43.8 Å². The summed E-state index contributed by atoms with van der Waals surface area (Å²) in [5, 5.41) is 11.3. The Hall–Kier alpha value is -2.87. The Morgan fingerprint density at radius 2 is 1.29 bits per heavy atom. The number of carbonyl (C=O) groups excluding carboxylic acids is 1. The molecule has 0 bridgehead atoms. The maximum atomic E-state index is 14.5. The molecule has 0 aromatic heterocycles. The highest BCUT2D eigenvalue weighted by Crippen LogP contribution is 2.41. The summed E-state index contributed by atoms with van der Waals surface area (Å²) in [7, 11) is 0. The summed E-state index contributed by atoms with van der Waals surface area (Å²) >= 11 is 0. The second kappa shape index (κ2) is 13.0. The van der Waals surface area contributed by atoms with E-state index < -0.39 is 22.8 Å². The number of aliphatic hydroxyl groups is 1. The van der Waals surface area contributed by atoms with Crippen molar-refractivity contribution in [2.24, 2.45) is 0 Å². The third-order valence-electron chi connectivity index (χ3n) is 8.76. The second-order valence-corrected chi connectivity index (χ2v) is 11.2. The van der Waals surface area contributed by atoms with Gasteiger partial charge in [0.1, 0.15) is 5.41 Å². The number of halogens is 4. The van der Waals surface area contributed by atoms with E-state index in [2.05, 4.69) is 4.90 Å². The number of carbonyl (C=O) groups is 1. The molecule has 220 valence electrons. The standard InChI is InChI=1S/C33H37F3N2O2.ClH/c34-33(35,36)29-16-10-15-28(25-29)31(40)17-22-37(23-18-31)24-19-32(26-11-4-1-5-12-26,27-13-6-2-7-14-27)30(39)38-20-8-3-9-21-38;/h1-2,4-7,10-16,25,40H,3,8-9,17-24H2;1H. The minimum atomic E-state index is -4.45. The Bertz CT molecular complexity index is 1230. The lowest BCUT2D eigenvalue weighted by Gasteiger charge is -2.43. The SMILES string of the molecule is Cl.O=C(N1CCCCC1)C(CCN1CCC(O)(c2cccc(C(F)(F)F)c2)CC1)(c1ccccc1)c1ccccc1. The van der Waals surface area contributed by atoms with Gasteiger partial charge in [-0.2, -0.15) is 13.2 Å². The van der Waals surface area contributed by atoms with Crippen molar-refractivity contribution in [2.75, 3.05) is 32.7 Å². The average Bonchev–Trinajstić information content (AvgIpc) is 2.99. The number of hydrogen-bond donors (Lipinski definition) is 1. The first-order valence-electron chi connectivity index (χ1n) is 14.3. The molecule has 3 aromatic rings. The second-order valence-electron chi connectivity index (χ2n) is 11.2. The van der Waals surface area contributed by atoms with Gasteiger partial charge in [-0.25, -0.2) is 0 Å². The smallest absolute Gasteiger partial charge is 0.385 e. The van der Waals surface area contributed by atoms with Gasteiger partial charge in [0.15, 0.2) is 0 Å². The van der Waals surface area contributed by atoms with Crippen molar-refractivity contribution in [1.82, 2.24) is 9.80 Å². The van der Waals surface area contributed by atoms with Gasteiger partial charge in [-0.3, -0.25) is 4.79 Å². The monoisotopic (exact) mass is 586 g/mol. The first kappa shape index (κ1) is 31.1. The van der Waals surface area contributed by atoms with Crippen LogP contribution in [-0.2, 0) is 22.0 Å². The van der Waals surface area contributed by atoms with Crippen LogP contribution in [0.3, 0.4) is 0 Å². The zero-order chi connectivity index (χ0) is 28.2. The highest BCUT2D eigenvalue weighted by atomic mass is 35.5. The minimum Gasteiger partial charge on any atom is -0.385 e. The third kappa shape index (κ3) is 6.63. The molecule has 0 radical (unpaired) electrons. The Labute approximate surface area is 246 Å². The number of amides is 1. The summed E-state index contributed by atoms with van der Waals surface area (Å²) in [6.45, 7) is 3.21. The maximum absolute atomic E-state index is 14.5. The van der Waals surface area contributed by atoms with Gasteiger partial charge in [-0.15, -0.1) is 12.4 Å². The number of benzene rings is 3. The lowest BCUT2D eigenvalue weighted by atomic mass is 9.70. The fourth-order valence-electron chi connectivity index (χ4n) is 6.37. The van der Waals surface area contributed by atoms with E-state index in [9.17, 15) is 23.1 Å². The minimum absolute atomic E-state index is 0. The van der Waals surface area contributed by atoms with Gasteiger partial charge in [0.25, 0.3) is 0 Å². The van der Waals surface area contributed by atoms with Gasteiger partial charge in [0.2, 0.25) is 5.91 Å². The fraction of sp³-hybridized carbons (Fsp3) is 0.424. The summed E-state index contributed by atoms with van der Waals surface area (Å²) in [5.74, 6) is 0.127. The van der Waals surface area contributed by atoms with E-state index in [-0.39, 0.29) is 18.3 Å². The van der Waals surface area contributed by atoms with Crippen LogP contribution in [0, 0.1) is 0 Å². The molecule has 2 aliphatic heterocycles. The number of alkyl halides is 3. The molecule has 2 heterocycles. The average molecular weight is 587 g/mol. The van der Waals surface area contributed by atoms with Crippen molar-refractivity contribution < 1.29 is 23.1 Å². The largest absolute Gasteiger partial charge is 0.416 e. The summed E-state index contributed by atoms with van der Waals surface area (Å²) in [6.07, 6.45) is -0.0755. The molecule has 41 heavy (non-hydrogen) atoms. The molecular formula is C33H38ClF3N2O2. The van der Waals surface area contributed by atoms with Gasteiger partial charge in [0, 0.05) is 26.2 Å². The van der Waals surface area contributed by atoms with Crippen LogP contribution in [0.15, 0.2) is 84.9 Å². The molecule has 5 rings (SSSR count). The Morgan fingerprint density at radius 3 is 1.83 bits per heavy atom. The van der Waals surface area contributed by atoms with Crippen molar-refractivity contribution in [1.29, 1.82) is 0 Å². The van der Waals surface area contributed by atoms with E-state index in [0.29, 0.717) is 44.5 Å². The fourth-order valence-corrected chi connectivity index (χ4v) is 6.37. The number of rotatable bonds is 7. The number of likely N-dealkylation sites (tertiary alicyclic amines) is 2. The molecule has 2 fully saturated rings. The highest BCUT2D eigenvalue weighted by molar-refractivity contribution is 5.92. The Kier molecular flexibility index (Phi) is 9.83. The van der Waals surface area contributed by atoms with Crippen LogP contribution in [0.4, 0.5) is 13.2 Å². The molecule has 2 aliphatic rings. The van der Waals surface area contributed by atoms with Crippen LogP contribution in [0.2, 0.25) is 0 Å². The first-order valence-corrected chi connectivity index (χ1v) is 14.3. The summed E-state index contributed by atoms with van der Waals surface area (Å²) in [5.41, 5.74) is -0.660. The quantitative estimate of drug-likeness (QED) is 0.331. The zero-order valence-electron chi connectivity index (χ0n) is 23.2. The van der Waals surface area contributed by atoms with Gasteiger partial charge in [-0.05, 0) is 73.9 Å². The summed E-state index contributed by atoms with van der Waals surface area (Å²) in [4.78, 5) is 18.7. The van der Waals surface area contributed by atoms with E-state index >= 15 is 0 Å². The van der Waals surface area contributed by atoms with Crippen LogP contribution in [0.25, 0.3) is 0 Å². The van der Waals surface area contributed by atoms with Crippen LogP contribution in [0.5, 0.6) is 0 Å². The van der Waals surface area contributed by atoms with E-state index in [1.54, 1.807) is 6.07 Å². The predicted octanol–water partition coefficient (Wildman–Crippen LogP) is 6.80. The molecule has 0 saturated carbocycles. The number of piperidine rings is 2. The molecule has 4 nitrogen and oxygen atoms in total. The zero-order valence-corrected chi connectivity index (χ0v) is 24.0. The van der Waals surface area contributed by atoms with Crippen LogP contribution >= 0.6 is 12.4 Å². The van der Waals surface area contributed by atoms with E-state index in [1.807, 2.05) is 65.6 Å². The van der Waals surface area contributed by atoms with Crippen molar-refractivity contribution >= 4 is 18.3 Å². The number of hydrogen-bond acceptors (Lipinski definition) is 3. The molecule has 8 heteroatoms. The number of nitrogens with zero attached hydrogens (tertiary/aromatic N) is 2. The third-order valence-corrected chi connectivity index (χ3v) is 8.76. The van der Waals surface area contributed by atoms with Crippen molar-refractivity contribution in [3.8, 4) is 0 Å². The molecular weight excluding hydrogens is 549 g/mol. The summed E-state index contributed by atoms with van der Waals surface area (Å²) in [6, 6.07) is 25.0. The van der Waals surface area contributed by atoms with Crippen LogP contribution in [-0.4, -0.2) is 53.5 Å². The van der Waals surface area contributed by atoms with Crippen molar-refractivity contribution in [2.45, 2.75) is 55.7 Å². The molecule has 0 atom stereocenters. The first-order chi connectivity index (χ1) is 19.2. The highest BCUT2D eigenvalue weighted by Gasteiger charge is 2.45. The van der Waals surface area contributed by atoms with E-state index in [4.69, 9.17) is 0 Å². The van der Waals surface area contributed by atoms with Gasteiger partial charge in [-0.1, -0.05) is 72.8 Å². The molecule has 0 spiro atoms. The summed E-state index contributed by atoms with van der Waals surface area (Å²) < 4.78 is 39.9. The maximum Gasteiger partial charge on any atom is 0.416 e. The molecule has 2 saturated heterocycles. The Morgan fingerprint density at radius 1 is 0.756 bits per heavy atom. The lowest BCUT2D eigenvalue weighted by molar-refractivity contribution is -0.138. The van der Waals surface area contributed by atoms with Gasteiger partial charge >= 0.3 is 6.18 Å². The van der Waals surface area contributed by atoms with Crippen molar-refractivity contribution in [3.63, 3.8) is 0 Å². The van der Waals surface area contributed by atoms with E-state index in [0.717, 1.165) is 55.6 Å². The van der Waals surface area contributed by atoms with Gasteiger partial charge < -0.3 is 14.9 Å². The van der Waals surface area contributed by atoms with Crippen LogP contribution in [0.1, 0.15) is 60.8 Å². The lowest BCUT2D eigenvalue weighted by Crippen LogP contribution is -2.51. The molecule has 0 aliphatic carbocycles. The molecule has 1 N–H and O–H groups in total. The van der Waals surface area contributed by atoms with Crippen molar-refractivity contribution in [3.05, 3.63) is 107 Å².